The SMILES string of the molecule is CCOC(=O)C(=O)C=C(O)c1cn(Cc2ccc(C)cc2C)c2ccccc2c1=O. The highest BCUT2D eigenvalue weighted by molar-refractivity contribution is 6.39. The van der Waals surface area contributed by atoms with Gasteiger partial charge in [0.15, 0.2) is 5.43 Å². The number of para-hydroxylation sites is 1. The number of aliphatic hydroxyl groups excluding tert-OH is 1. The van der Waals surface area contributed by atoms with Crippen molar-refractivity contribution in [3.63, 3.8) is 0 Å². The zero-order valence-electron chi connectivity index (χ0n) is 17.1. The molecule has 6 heteroatoms. The number of carbonyl (C=O) groups is 2. The number of aromatic nitrogens is 1. The summed E-state index contributed by atoms with van der Waals surface area (Å²) in [7, 11) is 0. The van der Waals surface area contributed by atoms with Crippen LogP contribution in [0.4, 0.5) is 0 Å². The number of nitrogens with zero attached hydrogens (tertiary/aromatic N) is 1. The van der Waals surface area contributed by atoms with Crippen LogP contribution in [0.5, 0.6) is 0 Å². The molecule has 0 amide bonds. The van der Waals surface area contributed by atoms with Gasteiger partial charge in [0.1, 0.15) is 5.76 Å². The van der Waals surface area contributed by atoms with Crippen molar-refractivity contribution < 1.29 is 19.4 Å². The predicted molar refractivity (Wildman–Crippen MR) is 115 cm³/mol. The third-order valence-electron chi connectivity index (χ3n) is 4.85. The van der Waals surface area contributed by atoms with Gasteiger partial charge in [-0.3, -0.25) is 9.59 Å². The molecule has 3 rings (SSSR count). The minimum Gasteiger partial charge on any atom is -0.507 e. The highest BCUT2D eigenvalue weighted by Gasteiger charge is 2.17. The van der Waals surface area contributed by atoms with E-state index in [0.717, 1.165) is 22.8 Å². The molecule has 0 saturated carbocycles. The Morgan fingerprint density at radius 1 is 1.13 bits per heavy atom. The summed E-state index contributed by atoms with van der Waals surface area (Å²) in [6.45, 7) is 6.12. The molecule has 0 saturated heterocycles. The Labute approximate surface area is 174 Å². The van der Waals surface area contributed by atoms with Crippen LogP contribution in [-0.4, -0.2) is 28.0 Å². The lowest BCUT2D eigenvalue weighted by molar-refractivity contribution is -0.151. The Morgan fingerprint density at radius 2 is 1.87 bits per heavy atom. The molecule has 30 heavy (non-hydrogen) atoms. The molecular weight excluding hydrogens is 382 g/mol. The third kappa shape index (κ3) is 4.33. The second-order valence-corrected chi connectivity index (χ2v) is 7.06. The van der Waals surface area contributed by atoms with E-state index in [1.165, 1.54) is 6.20 Å². The van der Waals surface area contributed by atoms with E-state index in [4.69, 9.17) is 0 Å². The second-order valence-electron chi connectivity index (χ2n) is 7.06. The molecule has 3 aromatic rings. The smallest absolute Gasteiger partial charge is 0.379 e. The number of ketones is 1. The minimum absolute atomic E-state index is 0.0395. The molecule has 0 radical (unpaired) electrons. The highest BCUT2D eigenvalue weighted by Crippen LogP contribution is 2.19. The molecule has 0 unspecified atom stereocenters. The van der Waals surface area contributed by atoms with Crippen LogP contribution < -0.4 is 5.43 Å². The van der Waals surface area contributed by atoms with Crippen LogP contribution in [-0.2, 0) is 20.9 Å². The number of hydrogen-bond donors (Lipinski definition) is 1. The Hall–Kier alpha value is -3.67. The van der Waals surface area contributed by atoms with E-state index < -0.39 is 22.9 Å². The van der Waals surface area contributed by atoms with Crippen LogP contribution in [0.1, 0.15) is 29.2 Å². The third-order valence-corrected chi connectivity index (χ3v) is 4.85. The zero-order valence-corrected chi connectivity index (χ0v) is 17.1. The molecule has 154 valence electrons. The number of ether oxygens (including phenoxy) is 1. The van der Waals surface area contributed by atoms with Gasteiger partial charge in [0.05, 0.1) is 17.7 Å². The molecule has 1 N–H and O–H groups in total. The lowest BCUT2D eigenvalue weighted by atomic mass is 10.0. The van der Waals surface area contributed by atoms with Crippen molar-refractivity contribution in [2.24, 2.45) is 0 Å². The van der Waals surface area contributed by atoms with E-state index in [0.29, 0.717) is 17.4 Å². The summed E-state index contributed by atoms with van der Waals surface area (Å²) < 4.78 is 6.49. The molecule has 0 aliphatic carbocycles. The van der Waals surface area contributed by atoms with Gasteiger partial charge in [-0.15, -0.1) is 0 Å². The standard InChI is InChI=1S/C24H23NO5/c1-4-30-24(29)22(27)12-21(26)19-14-25(13-17-10-9-15(2)11-16(17)3)20-8-6-5-7-18(20)23(19)28/h5-12,14,26H,4,13H2,1-3H3. The van der Waals surface area contributed by atoms with Crippen molar-refractivity contribution in [2.75, 3.05) is 6.61 Å². The van der Waals surface area contributed by atoms with Gasteiger partial charge in [0.2, 0.25) is 0 Å². The second kappa shape index (κ2) is 8.78. The van der Waals surface area contributed by atoms with Gasteiger partial charge in [0.25, 0.3) is 5.78 Å². The van der Waals surface area contributed by atoms with Gasteiger partial charge in [-0.05, 0) is 44.0 Å². The first-order valence-electron chi connectivity index (χ1n) is 9.62. The highest BCUT2D eigenvalue weighted by atomic mass is 16.5. The summed E-state index contributed by atoms with van der Waals surface area (Å²) in [5, 5.41) is 10.9. The van der Waals surface area contributed by atoms with Gasteiger partial charge in [-0.1, -0.05) is 35.9 Å². The summed E-state index contributed by atoms with van der Waals surface area (Å²) in [4.78, 5) is 36.4. The van der Waals surface area contributed by atoms with Crippen molar-refractivity contribution in [2.45, 2.75) is 27.3 Å². The Bertz CT molecular complexity index is 1220. The summed E-state index contributed by atoms with van der Waals surface area (Å²) in [6.07, 6.45) is 2.24. The number of benzene rings is 2. The maximum atomic E-state index is 12.9. The first-order chi connectivity index (χ1) is 14.3. The quantitative estimate of drug-likeness (QED) is 0.293. The van der Waals surface area contributed by atoms with Gasteiger partial charge in [0, 0.05) is 24.2 Å². The van der Waals surface area contributed by atoms with E-state index in [-0.39, 0.29) is 12.2 Å². The molecule has 0 aliphatic heterocycles. The van der Waals surface area contributed by atoms with Crippen molar-refractivity contribution in [1.29, 1.82) is 0 Å². The number of aliphatic hydroxyl groups is 1. The lowest BCUT2D eigenvalue weighted by Crippen LogP contribution is -2.18. The molecule has 0 atom stereocenters. The first-order valence-corrected chi connectivity index (χ1v) is 9.62. The van der Waals surface area contributed by atoms with Crippen LogP contribution in [0.25, 0.3) is 16.7 Å². The van der Waals surface area contributed by atoms with Crippen LogP contribution in [0.3, 0.4) is 0 Å². The Balaban J connectivity index is 2.12. The summed E-state index contributed by atoms with van der Waals surface area (Å²) >= 11 is 0. The number of aryl methyl sites for hydroxylation is 2. The molecule has 1 heterocycles. The van der Waals surface area contributed by atoms with Crippen molar-refractivity contribution in [3.05, 3.63) is 87.2 Å². The number of rotatable bonds is 6. The summed E-state index contributed by atoms with van der Waals surface area (Å²) in [6, 6.07) is 13.2. The minimum atomic E-state index is -1.08. The fourth-order valence-corrected chi connectivity index (χ4v) is 3.33. The maximum Gasteiger partial charge on any atom is 0.379 e. The van der Waals surface area contributed by atoms with Gasteiger partial charge < -0.3 is 14.4 Å². The molecule has 0 fully saturated rings. The van der Waals surface area contributed by atoms with E-state index in [9.17, 15) is 19.5 Å². The fourth-order valence-electron chi connectivity index (χ4n) is 3.33. The molecular formula is C24H23NO5. The number of esters is 1. The Kier molecular flexibility index (Phi) is 6.16. The van der Waals surface area contributed by atoms with Crippen molar-refractivity contribution in [1.82, 2.24) is 4.57 Å². The summed E-state index contributed by atoms with van der Waals surface area (Å²) in [5.41, 5.74) is 3.54. The number of pyridine rings is 1. The first kappa shape index (κ1) is 21.0. The molecule has 0 aliphatic rings. The number of carbonyl (C=O) groups excluding carboxylic acids is 2. The lowest BCUT2D eigenvalue weighted by Gasteiger charge is -2.15. The van der Waals surface area contributed by atoms with E-state index in [2.05, 4.69) is 10.8 Å². The summed E-state index contributed by atoms with van der Waals surface area (Å²) in [5.74, 6) is -2.68. The average Bonchev–Trinajstić information content (AvgIpc) is 2.72. The van der Waals surface area contributed by atoms with Crippen LogP contribution in [0, 0.1) is 13.8 Å². The zero-order chi connectivity index (χ0) is 21.8. The normalized spacial score (nSPS) is 11.5. The fraction of sp³-hybridized carbons (Fsp3) is 0.208. The largest absolute Gasteiger partial charge is 0.507 e. The number of hydrogen-bond acceptors (Lipinski definition) is 5. The Morgan fingerprint density at radius 3 is 2.57 bits per heavy atom. The topological polar surface area (TPSA) is 85.6 Å². The molecule has 0 bridgehead atoms. The molecule has 6 nitrogen and oxygen atoms in total. The predicted octanol–water partition coefficient (Wildman–Crippen LogP) is 3.70. The van der Waals surface area contributed by atoms with E-state index >= 15 is 0 Å². The monoisotopic (exact) mass is 405 g/mol. The number of fused-ring (bicyclic) bond motifs is 1. The maximum absolute atomic E-state index is 12.9. The van der Waals surface area contributed by atoms with Crippen molar-refractivity contribution in [3.8, 4) is 0 Å². The molecule has 1 aromatic heterocycles. The van der Waals surface area contributed by atoms with Gasteiger partial charge in [-0.2, -0.15) is 0 Å². The van der Waals surface area contributed by atoms with Crippen LogP contribution >= 0.6 is 0 Å². The van der Waals surface area contributed by atoms with Crippen LogP contribution in [0.15, 0.2) is 59.5 Å². The van der Waals surface area contributed by atoms with E-state index in [1.807, 2.05) is 42.7 Å². The average molecular weight is 405 g/mol. The van der Waals surface area contributed by atoms with Gasteiger partial charge in [-0.25, -0.2) is 4.79 Å². The van der Waals surface area contributed by atoms with Crippen molar-refractivity contribution >= 4 is 28.4 Å². The molecule has 0 spiro atoms. The van der Waals surface area contributed by atoms with E-state index in [1.54, 1.807) is 19.1 Å². The molecule has 2 aromatic carbocycles. The van der Waals surface area contributed by atoms with Gasteiger partial charge >= 0.3 is 5.97 Å². The van der Waals surface area contributed by atoms with Crippen LogP contribution in [0.2, 0.25) is 0 Å².